The minimum atomic E-state index is -1.98. The van der Waals surface area contributed by atoms with Crippen molar-refractivity contribution in [1.29, 1.82) is 0 Å². The molecule has 4 aromatic rings. The Morgan fingerprint density at radius 1 is 0.613 bits per heavy atom. The summed E-state index contributed by atoms with van der Waals surface area (Å²) < 4.78 is 9.45. The molecule has 0 aliphatic carbocycles. The number of carbonyl (C=O) groups excluding carboxylic acids is 1. The molecule has 0 amide bonds. The molecule has 0 fully saturated rings. The molecule has 155 valence electrons. The van der Waals surface area contributed by atoms with Gasteiger partial charge in [0.25, 0.3) is 0 Å². The van der Waals surface area contributed by atoms with Gasteiger partial charge in [-0.1, -0.05) is 30.3 Å². The van der Waals surface area contributed by atoms with Crippen molar-refractivity contribution in [1.82, 2.24) is 0 Å². The Morgan fingerprint density at radius 2 is 0.968 bits per heavy atom. The van der Waals surface area contributed by atoms with Crippen LogP contribution in [0.4, 0.5) is 0 Å². The van der Waals surface area contributed by atoms with Crippen LogP contribution in [-0.4, -0.2) is 31.5 Å². The molecule has 0 bridgehead atoms. The average molecular weight is 532 g/mol. The van der Waals surface area contributed by atoms with E-state index in [9.17, 15) is 4.79 Å². The molecule has 4 rings (SSSR count). The van der Waals surface area contributed by atoms with E-state index in [1.54, 1.807) is 0 Å². The van der Waals surface area contributed by atoms with E-state index in [0.717, 1.165) is 5.56 Å². The van der Waals surface area contributed by atoms with Crippen molar-refractivity contribution < 1.29 is 9.53 Å². The standard InChI is InChI=1S/C9H10O2S.3C6H5.Sn/c10-9(7-12)11-6-8-4-2-1-3-5-8;3*1-2-4-6-5-3-1;/h1-5,12H,6-7H2;3*1-5H;. The van der Waals surface area contributed by atoms with E-state index in [0.29, 0.717) is 6.61 Å². The summed E-state index contributed by atoms with van der Waals surface area (Å²) in [5.74, 6) is -0.158. The number of ether oxygens (including phenoxy) is 1. The van der Waals surface area contributed by atoms with Gasteiger partial charge in [0.15, 0.2) is 0 Å². The van der Waals surface area contributed by atoms with E-state index < -0.39 is 19.8 Å². The first-order chi connectivity index (χ1) is 15.3. The third-order valence-corrected chi connectivity index (χ3v) is 12.6. The SMILES string of the molecule is O=C(CS)OCc1ccccc1.c1cc[c]([Sn]([c]2ccccc2)[c]2ccccc2)cc1. The summed E-state index contributed by atoms with van der Waals surface area (Å²) >= 11 is 1.81. The maximum atomic E-state index is 10.7. The van der Waals surface area contributed by atoms with E-state index in [2.05, 4.69) is 104 Å². The Bertz CT molecular complexity index is 932. The molecule has 0 aromatic heterocycles. The van der Waals surface area contributed by atoms with Gasteiger partial charge in [-0.05, 0) is 5.56 Å². The van der Waals surface area contributed by atoms with Crippen molar-refractivity contribution in [3.8, 4) is 0 Å². The molecule has 31 heavy (non-hydrogen) atoms. The molecular weight excluding hydrogens is 507 g/mol. The molecular formula is C27H25O2SSn. The van der Waals surface area contributed by atoms with Crippen LogP contribution in [0.1, 0.15) is 5.56 Å². The van der Waals surface area contributed by atoms with Gasteiger partial charge >= 0.3 is 127 Å². The zero-order valence-electron chi connectivity index (χ0n) is 17.2. The van der Waals surface area contributed by atoms with Gasteiger partial charge in [-0.2, -0.15) is 12.6 Å². The maximum absolute atomic E-state index is 10.7. The Labute approximate surface area is 197 Å². The van der Waals surface area contributed by atoms with Crippen molar-refractivity contribution >= 4 is 49.1 Å². The van der Waals surface area contributed by atoms with Crippen molar-refractivity contribution in [2.45, 2.75) is 6.61 Å². The van der Waals surface area contributed by atoms with Crippen LogP contribution in [0.25, 0.3) is 0 Å². The minimum absolute atomic E-state index is 0.132. The molecule has 0 aliphatic heterocycles. The van der Waals surface area contributed by atoms with Gasteiger partial charge in [-0.3, -0.25) is 4.79 Å². The monoisotopic (exact) mass is 533 g/mol. The van der Waals surface area contributed by atoms with Gasteiger partial charge in [0.05, 0.1) is 5.75 Å². The average Bonchev–Trinajstić information content (AvgIpc) is 2.86. The molecule has 4 heteroatoms. The van der Waals surface area contributed by atoms with Gasteiger partial charge in [-0.15, -0.1) is 0 Å². The fourth-order valence-corrected chi connectivity index (χ4v) is 10.5. The van der Waals surface area contributed by atoms with Crippen molar-refractivity contribution in [3.05, 3.63) is 127 Å². The zero-order valence-corrected chi connectivity index (χ0v) is 21.0. The zero-order chi connectivity index (χ0) is 21.7. The molecule has 1 radical (unpaired) electrons. The summed E-state index contributed by atoms with van der Waals surface area (Å²) in [6.45, 7) is 0.334. The number of hydrogen-bond acceptors (Lipinski definition) is 3. The van der Waals surface area contributed by atoms with Crippen LogP contribution in [0.3, 0.4) is 0 Å². The van der Waals surface area contributed by atoms with Crippen LogP contribution < -0.4 is 10.7 Å². The number of benzene rings is 4. The molecule has 0 atom stereocenters. The quantitative estimate of drug-likeness (QED) is 0.232. The fourth-order valence-electron chi connectivity index (χ4n) is 3.10. The van der Waals surface area contributed by atoms with Gasteiger partial charge < -0.3 is 4.74 Å². The Balaban J connectivity index is 0.000000196. The second kappa shape index (κ2) is 13.0. The first-order valence-corrected chi connectivity index (χ1v) is 15.0. The van der Waals surface area contributed by atoms with Crippen LogP contribution >= 0.6 is 12.6 Å². The fraction of sp³-hybridized carbons (Fsp3) is 0.0741. The molecule has 0 N–H and O–H groups in total. The number of thiol groups is 1. The van der Waals surface area contributed by atoms with Crippen molar-refractivity contribution in [2.75, 3.05) is 5.75 Å². The number of esters is 1. The summed E-state index contributed by atoms with van der Waals surface area (Å²) in [5.41, 5.74) is 0.993. The molecule has 0 unspecified atom stereocenters. The van der Waals surface area contributed by atoms with Gasteiger partial charge in [0.2, 0.25) is 0 Å². The molecule has 0 spiro atoms. The number of rotatable bonds is 6. The predicted octanol–water partition coefficient (Wildman–Crippen LogP) is 3.86. The summed E-state index contributed by atoms with van der Waals surface area (Å²) in [6.07, 6.45) is 0. The third kappa shape index (κ3) is 7.60. The van der Waals surface area contributed by atoms with Crippen LogP contribution in [0.15, 0.2) is 121 Å². The van der Waals surface area contributed by atoms with Crippen LogP contribution in [-0.2, 0) is 16.1 Å². The second-order valence-corrected chi connectivity index (χ2v) is 14.2. The van der Waals surface area contributed by atoms with Gasteiger partial charge in [-0.25, -0.2) is 0 Å². The molecule has 0 aliphatic rings. The van der Waals surface area contributed by atoms with Gasteiger partial charge in [0.1, 0.15) is 6.61 Å². The van der Waals surface area contributed by atoms with E-state index in [4.69, 9.17) is 4.74 Å². The van der Waals surface area contributed by atoms with Crippen molar-refractivity contribution in [2.24, 2.45) is 0 Å². The second-order valence-electron chi connectivity index (χ2n) is 6.78. The van der Waals surface area contributed by atoms with E-state index in [1.165, 1.54) is 10.7 Å². The summed E-state index contributed by atoms with van der Waals surface area (Å²) in [6, 6.07) is 42.5. The predicted molar refractivity (Wildman–Crippen MR) is 134 cm³/mol. The summed E-state index contributed by atoms with van der Waals surface area (Å²) in [7, 11) is 0. The van der Waals surface area contributed by atoms with Crippen LogP contribution in [0.5, 0.6) is 0 Å². The topological polar surface area (TPSA) is 26.3 Å². The van der Waals surface area contributed by atoms with E-state index in [-0.39, 0.29) is 11.7 Å². The van der Waals surface area contributed by atoms with E-state index >= 15 is 0 Å². The van der Waals surface area contributed by atoms with Crippen LogP contribution in [0, 0.1) is 0 Å². The Hall–Kier alpha value is -2.50. The Morgan fingerprint density at radius 3 is 1.32 bits per heavy atom. The molecule has 2 nitrogen and oxygen atoms in total. The third-order valence-electron chi connectivity index (χ3n) is 4.56. The summed E-state index contributed by atoms with van der Waals surface area (Å²) in [4.78, 5) is 10.7. The number of carbonyl (C=O) groups is 1. The summed E-state index contributed by atoms with van der Waals surface area (Å²) in [5, 5.41) is 0. The molecule has 0 saturated carbocycles. The Kier molecular flexibility index (Phi) is 9.74. The van der Waals surface area contributed by atoms with E-state index in [1.807, 2.05) is 30.3 Å². The normalized spacial score (nSPS) is 10.1. The molecule has 0 saturated heterocycles. The molecule has 0 heterocycles. The van der Waals surface area contributed by atoms with Crippen LogP contribution in [0.2, 0.25) is 0 Å². The van der Waals surface area contributed by atoms with Gasteiger partial charge in [0, 0.05) is 0 Å². The molecule has 4 aromatic carbocycles. The number of hydrogen-bond donors (Lipinski definition) is 1. The first kappa shape index (κ1) is 23.2. The van der Waals surface area contributed by atoms with Crippen molar-refractivity contribution in [3.63, 3.8) is 0 Å². The first-order valence-electron chi connectivity index (χ1n) is 10.1.